The van der Waals surface area contributed by atoms with Gasteiger partial charge in [-0.3, -0.25) is 4.79 Å². The molecule has 0 atom stereocenters. The monoisotopic (exact) mass is 365 g/mol. The number of anilines is 1. The maximum Gasteiger partial charge on any atom is 0.266 e. The molecule has 2 rings (SSSR count). The fraction of sp³-hybridized carbons (Fsp3) is 0.150. The van der Waals surface area contributed by atoms with Gasteiger partial charge in [-0.25, -0.2) is 4.39 Å². The molecule has 0 spiro atoms. The largest absolute Gasteiger partial charge is 0.490 e. The van der Waals surface area contributed by atoms with E-state index in [1.54, 1.807) is 37.3 Å². The lowest BCUT2D eigenvalue weighted by Gasteiger charge is -2.11. The lowest BCUT2D eigenvalue weighted by atomic mass is 10.1. The van der Waals surface area contributed by atoms with Crippen molar-refractivity contribution < 1.29 is 18.7 Å². The summed E-state index contributed by atoms with van der Waals surface area (Å²) in [4.78, 5) is 12.3. The number of para-hydroxylation sites is 1. The Morgan fingerprint density at radius 3 is 2.63 bits per heavy atom. The Bertz CT molecular complexity index is 942. The van der Waals surface area contributed by atoms with E-state index in [0.717, 1.165) is 0 Å². The summed E-state index contributed by atoms with van der Waals surface area (Å²) in [6, 6.07) is 14.1. The molecule has 7 heteroatoms. The van der Waals surface area contributed by atoms with E-state index in [-0.39, 0.29) is 17.9 Å². The van der Waals surface area contributed by atoms with E-state index < -0.39 is 11.7 Å². The summed E-state index contributed by atoms with van der Waals surface area (Å²) in [6.45, 7) is 2.03. The molecule has 0 heterocycles. The standard InChI is InChI=1S/C20H16FN3O3/c1-2-26-19-12-14(7-8-18(19)27-10-9-22)11-15(13-23)20(25)24-17-6-4-3-5-16(17)21/h3-8,11-12H,2,10H2,1H3,(H,24,25)/b15-11+. The van der Waals surface area contributed by atoms with Gasteiger partial charge in [-0.1, -0.05) is 18.2 Å². The number of ether oxygens (including phenoxy) is 2. The molecule has 0 unspecified atom stereocenters. The molecule has 0 bridgehead atoms. The van der Waals surface area contributed by atoms with E-state index in [9.17, 15) is 14.4 Å². The van der Waals surface area contributed by atoms with Crippen molar-refractivity contribution in [1.82, 2.24) is 0 Å². The molecule has 136 valence electrons. The predicted molar refractivity (Wildman–Crippen MR) is 97.3 cm³/mol. The molecular formula is C20H16FN3O3. The van der Waals surface area contributed by atoms with Crippen LogP contribution in [0, 0.1) is 28.5 Å². The average molecular weight is 365 g/mol. The van der Waals surface area contributed by atoms with Crippen molar-refractivity contribution in [2.24, 2.45) is 0 Å². The average Bonchev–Trinajstić information content (AvgIpc) is 2.67. The summed E-state index contributed by atoms with van der Waals surface area (Å²) in [6.07, 6.45) is 1.35. The number of nitriles is 2. The van der Waals surface area contributed by atoms with Crippen LogP contribution >= 0.6 is 0 Å². The van der Waals surface area contributed by atoms with Crippen molar-refractivity contribution in [1.29, 1.82) is 10.5 Å². The molecule has 0 aliphatic rings. The number of hydrogen-bond acceptors (Lipinski definition) is 5. The Balaban J connectivity index is 2.27. The van der Waals surface area contributed by atoms with Gasteiger partial charge in [0.25, 0.3) is 5.91 Å². The van der Waals surface area contributed by atoms with Crippen LogP contribution in [0.15, 0.2) is 48.0 Å². The number of benzene rings is 2. The van der Waals surface area contributed by atoms with Crippen molar-refractivity contribution in [2.45, 2.75) is 6.92 Å². The quantitative estimate of drug-likeness (QED) is 0.597. The van der Waals surface area contributed by atoms with Gasteiger partial charge in [0.15, 0.2) is 18.1 Å². The molecule has 27 heavy (non-hydrogen) atoms. The van der Waals surface area contributed by atoms with E-state index in [1.807, 2.05) is 6.07 Å². The highest BCUT2D eigenvalue weighted by Crippen LogP contribution is 2.29. The maximum absolute atomic E-state index is 13.7. The highest BCUT2D eigenvalue weighted by molar-refractivity contribution is 6.09. The second-order valence-electron chi connectivity index (χ2n) is 5.19. The summed E-state index contributed by atoms with van der Waals surface area (Å²) in [5.74, 6) is -0.565. The Morgan fingerprint density at radius 1 is 1.19 bits per heavy atom. The van der Waals surface area contributed by atoms with Crippen LogP contribution in [0.25, 0.3) is 6.08 Å². The van der Waals surface area contributed by atoms with E-state index in [4.69, 9.17) is 14.7 Å². The molecule has 0 fully saturated rings. The third-order valence-corrected chi connectivity index (χ3v) is 3.36. The van der Waals surface area contributed by atoms with Gasteiger partial charge in [-0.15, -0.1) is 0 Å². The number of nitrogens with one attached hydrogen (secondary N) is 1. The smallest absolute Gasteiger partial charge is 0.266 e. The van der Waals surface area contributed by atoms with Crippen molar-refractivity contribution in [2.75, 3.05) is 18.5 Å². The summed E-state index contributed by atoms with van der Waals surface area (Å²) >= 11 is 0. The summed E-state index contributed by atoms with van der Waals surface area (Å²) in [5, 5.41) is 20.3. The van der Waals surface area contributed by atoms with Crippen LogP contribution in [0.5, 0.6) is 11.5 Å². The number of carbonyl (C=O) groups is 1. The summed E-state index contributed by atoms with van der Waals surface area (Å²) < 4.78 is 24.4. The zero-order valence-corrected chi connectivity index (χ0v) is 14.5. The molecule has 0 saturated carbocycles. The van der Waals surface area contributed by atoms with Gasteiger partial charge in [0, 0.05) is 0 Å². The fourth-order valence-electron chi connectivity index (χ4n) is 2.18. The van der Waals surface area contributed by atoms with E-state index >= 15 is 0 Å². The van der Waals surface area contributed by atoms with Crippen molar-refractivity contribution in [3.8, 4) is 23.6 Å². The molecule has 0 radical (unpaired) electrons. The molecule has 6 nitrogen and oxygen atoms in total. The van der Waals surface area contributed by atoms with Gasteiger partial charge in [-0.05, 0) is 42.8 Å². The van der Waals surface area contributed by atoms with Crippen molar-refractivity contribution in [3.63, 3.8) is 0 Å². The minimum absolute atomic E-state index is 0.0149. The normalized spacial score (nSPS) is 10.4. The topological polar surface area (TPSA) is 95.1 Å². The number of nitrogens with zero attached hydrogens (tertiary/aromatic N) is 2. The van der Waals surface area contributed by atoms with E-state index in [2.05, 4.69) is 5.32 Å². The minimum atomic E-state index is -0.731. The van der Waals surface area contributed by atoms with Crippen LogP contribution in [0.1, 0.15) is 12.5 Å². The van der Waals surface area contributed by atoms with Gasteiger partial charge in [0.2, 0.25) is 0 Å². The van der Waals surface area contributed by atoms with Crippen LogP contribution in [-0.2, 0) is 4.79 Å². The molecule has 0 aromatic heterocycles. The molecule has 2 aromatic rings. The first-order chi connectivity index (χ1) is 13.1. The molecule has 2 aromatic carbocycles. The SMILES string of the molecule is CCOc1cc(/C=C(\C#N)C(=O)Nc2ccccc2F)ccc1OCC#N. The van der Waals surface area contributed by atoms with Crippen molar-refractivity contribution >= 4 is 17.7 Å². The maximum atomic E-state index is 13.7. The highest BCUT2D eigenvalue weighted by Gasteiger charge is 2.13. The van der Waals surface area contributed by atoms with Gasteiger partial charge in [0.05, 0.1) is 12.3 Å². The Morgan fingerprint density at radius 2 is 1.96 bits per heavy atom. The number of rotatable bonds is 7. The van der Waals surface area contributed by atoms with E-state index in [0.29, 0.717) is 23.7 Å². The predicted octanol–water partition coefficient (Wildman–Crippen LogP) is 3.67. The van der Waals surface area contributed by atoms with Gasteiger partial charge in [0.1, 0.15) is 23.5 Å². The fourth-order valence-corrected chi connectivity index (χ4v) is 2.18. The van der Waals surface area contributed by atoms with Crippen LogP contribution in [0.2, 0.25) is 0 Å². The Hall–Kier alpha value is -3.84. The molecule has 1 amide bonds. The number of halogens is 1. The first-order valence-corrected chi connectivity index (χ1v) is 8.03. The van der Waals surface area contributed by atoms with E-state index in [1.165, 1.54) is 24.3 Å². The Labute approximate surface area is 156 Å². The molecule has 1 N–H and O–H groups in total. The zero-order chi connectivity index (χ0) is 19.6. The minimum Gasteiger partial charge on any atom is -0.490 e. The number of amides is 1. The third kappa shape index (κ3) is 5.32. The molecule has 0 aliphatic carbocycles. The van der Waals surface area contributed by atoms with Crippen LogP contribution in [-0.4, -0.2) is 19.1 Å². The summed E-state index contributed by atoms with van der Waals surface area (Å²) in [5.41, 5.74) is 0.299. The molecular weight excluding hydrogens is 349 g/mol. The number of hydrogen-bond donors (Lipinski definition) is 1. The lowest BCUT2D eigenvalue weighted by Crippen LogP contribution is -2.14. The van der Waals surface area contributed by atoms with Crippen LogP contribution in [0.3, 0.4) is 0 Å². The van der Waals surface area contributed by atoms with Crippen LogP contribution in [0.4, 0.5) is 10.1 Å². The van der Waals surface area contributed by atoms with Gasteiger partial charge in [-0.2, -0.15) is 10.5 Å². The van der Waals surface area contributed by atoms with Crippen molar-refractivity contribution in [3.05, 3.63) is 59.4 Å². The number of carbonyl (C=O) groups excluding carboxylic acids is 1. The summed E-state index contributed by atoms with van der Waals surface area (Å²) in [7, 11) is 0. The highest BCUT2D eigenvalue weighted by atomic mass is 19.1. The van der Waals surface area contributed by atoms with Crippen LogP contribution < -0.4 is 14.8 Å². The first kappa shape index (κ1) is 19.5. The second kappa shape index (κ2) is 9.59. The first-order valence-electron chi connectivity index (χ1n) is 8.03. The zero-order valence-electron chi connectivity index (χ0n) is 14.5. The molecule has 0 aliphatic heterocycles. The Kier molecular flexibility index (Phi) is 6.92. The third-order valence-electron chi connectivity index (χ3n) is 3.36. The molecule has 0 saturated heterocycles. The van der Waals surface area contributed by atoms with Gasteiger partial charge < -0.3 is 14.8 Å². The lowest BCUT2D eigenvalue weighted by molar-refractivity contribution is -0.112. The second-order valence-corrected chi connectivity index (χ2v) is 5.19. The van der Waals surface area contributed by atoms with Gasteiger partial charge >= 0.3 is 0 Å².